The third-order valence-corrected chi connectivity index (χ3v) is 8.00. The van der Waals surface area contributed by atoms with E-state index < -0.39 is 59.3 Å². The molecule has 2 unspecified atom stereocenters. The molecule has 15 heteroatoms. The Morgan fingerprint density at radius 1 is 1.23 bits per heavy atom. The largest absolute Gasteiger partial charge is 0.417 e. The van der Waals surface area contributed by atoms with E-state index in [0.717, 1.165) is 12.6 Å². The molecule has 2 aromatic heterocycles. The highest BCUT2D eigenvalue weighted by Gasteiger charge is 2.39. The van der Waals surface area contributed by atoms with Crippen molar-refractivity contribution in [1.82, 2.24) is 19.8 Å². The van der Waals surface area contributed by atoms with Gasteiger partial charge in [0.2, 0.25) is 0 Å². The summed E-state index contributed by atoms with van der Waals surface area (Å²) in [5.41, 5.74) is -3.63. The molecule has 2 N–H and O–H groups in total. The maximum Gasteiger partial charge on any atom is 0.417 e. The number of piperidine rings is 1. The Kier molecular flexibility index (Phi) is 9.09. The van der Waals surface area contributed by atoms with Crippen LogP contribution < -0.4 is 5.32 Å². The average Bonchev–Trinajstić information content (AvgIpc) is 3.29. The minimum absolute atomic E-state index is 0.220. The van der Waals surface area contributed by atoms with Crippen molar-refractivity contribution >= 4 is 29.0 Å². The first kappa shape index (κ1) is 31.6. The molecule has 2 aromatic rings. The van der Waals surface area contributed by atoms with Gasteiger partial charge in [0, 0.05) is 31.4 Å². The van der Waals surface area contributed by atoms with Crippen LogP contribution >= 0.6 is 11.3 Å². The highest BCUT2D eigenvalue weighted by atomic mass is 32.1. The Morgan fingerprint density at radius 3 is 2.42 bits per heavy atom. The van der Waals surface area contributed by atoms with Crippen LogP contribution in [0.25, 0.3) is 10.4 Å². The summed E-state index contributed by atoms with van der Waals surface area (Å²) >= 11 is 0.553. The molecule has 0 bridgehead atoms. The SMILES string of the molecule is CC1CCCCN1C(=O)c1nc(C(=O)N(C)C(C)C(C)(C)O)sc1-c1cnc(NCC(F)(F)F)cc1C(F)(F)F. The van der Waals surface area contributed by atoms with Crippen LogP contribution in [0, 0.1) is 0 Å². The first-order valence-corrected chi connectivity index (χ1v) is 13.3. The summed E-state index contributed by atoms with van der Waals surface area (Å²) in [7, 11) is 1.39. The monoisotopic (exact) mass is 595 g/mol. The van der Waals surface area contributed by atoms with Gasteiger partial charge < -0.3 is 20.2 Å². The quantitative estimate of drug-likeness (QED) is 0.414. The van der Waals surface area contributed by atoms with Crippen LogP contribution in [0.1, 0.15) is 72.8 Å². The van der Waals surface area contributed by atoms with Crippen molar-refractivity contribution in [3.63, 3.8) is 0 Å². The number of likely N-dealkylation sites (N-methyl/N-ethyl adjacent to an activating group) is 1. The summed E-state index contributed by atoms with van der Waals surface area (Å²) < 4.78 is 80.4. The number of hydrogen-bond acceptors (Lipinski definition) is 7. The van der Waals surface area contributed by atoms with Crippen molar-refractivity contribution in [2.45, 2.75) is 77.0 Å². The minimum Gasteiger partial charge on any atom is -0.388 e. The van der Waals surface area contributed by atoms with Gasteiger partial charge in [-0.15, -0.1) is 11.3 Å². The first-order chi connectivity index (χ1) is 18.3. The molecule has 1 aliphatic rings. The van der Waals surface area contributed by atoms with Crippen LogP contribution in [0.2, 0.25) is 0 Å². The van der Waals surface area contributed by atoms with Crippen LogP contribution in [0.4, 0.5) is 32.2 Å². The fourth-order valence-corrected chi connectivity index (χ4v) is 5.30. The molecule has 1 saturated heterocycles. The topological polar surface area (TPSA) is 98.7 Å². The number of pyridine rings is 1. The molecule has 3 heterocycles. The number of likely N-dealkylation sites (tertiary alicyclic amines) is 1. The molecule has 40 heavy (non-hydrogen) atoms. The molecule has 2 atom stereocenters. The molecule has 8 nitrogen and oxygen atoms in total. The lowest BCUT2D eigenvalue weighted by Gasteiger charge is -2.33. The van der Waals surface area contributed by atoms with Gasteiger partial charge in [-0.2, -0.15) is 26.3 Å². The van der Waals surface area contributed by atoms with E-state index in [9.17, 15) is 41.0 Å². The zero-order valence-corrected chi connectivity index (χ0v) is 23.4. The lowest BCUT2D eigenvalue weighted by molar-refractivity contribution is -0.137. The van der Waals surface area contributed by atoms with E-state index >= 15 is 0 Å². The number of halogens is 6. The number of nitrogens with one attached hydrogen (secondary N) is 1. The van der Waals surface area contributed by atoms with E-state index in [2.05, 4.69) is 9.97 Å². The predicted octanol–water partition coefficient (Wildman–Crippen LogP) is 5.44. The number of alkyl halides is 6. The van der Waals surface area contributed by atoms with Gasteiger partial charge in [0.15, 0.2) is 5.01 Å². The Hall–Kier alpha value is -2.94. The molecular weight excluding hydrogens is 564 g/mol. The zero-order chi connectivity index (χ0) is 30.2. The average molecular weight is 596 g/mol. The van der Waals surface area contributed by atoms with Gasteiger partial charge in [-0.25, -0.2) is 9.97 Å². The van der Waals surface area contributed by atoms with Gasteiger partial charge in [0.25, 0.3) is 11.8 Å². The smallest absolute Gasteiger partial charge is 0.388 e. The zero-order valence-electron chi connectivity index (χ0n) is 22.6. The summed E-state index contributed by atoms with van der Waals surface area (Å²) in [6.45, 7) is 5.09. The molecule has 1 fully saturated rings. The van der Waals surface area contributed by atoms with Crippen LogP contribution in [0.15, 0.2) is 12.3 Å². The van der Waals surface area contributed by atoms with Crippen molar-refractivity contribution < 1.29 is 41.0 Å². The van der Waals surface area contributed by atoms with Crippen molar-refractivity contribution in [2.24, 2.45) is 0 Å². The number of amides is 2. The van der Waals surface area contributed by atoms with Crippen LogP contribution in [0.3, 0.4) is 0 Å². The number of carbonyl (C=O) groups is 2. The number of nitrogens with zero attached hydrogens (tertiary/aromatic N) is 4. The first-order valence-electron chi connectivity index (χ1n) is 12.5. The third-order valence-electron chi connectivity index (χ3n) is 6.92. The van der Waals surface area contributed by atoms with Crippen molar-refractivity contribution in [3.05, 3.63) is 28.5 Å². The second-order valence-corrected chi connectivity index (χ2v) is 11.4. The van der Waals surface area contributed by atoms with Crippen molar-refractivity contribution in [1.29, 1.82) is 0 Å². The van der Waals surface area contributed by atoms with E-state index in [-0.39, 0.29) is 21.6 Å². The Morgan fingerprint density at radius 2 is 1.88 bits per heavy atom. The highest BCUT2D eigenvalue weighted by Crippen LogP contribution is 2.42. The maximum atomic E-state index is 14.2. The molecule has 3 rings (SSSR count). The summed E-state index contributed by atoms with van der Waals surface area (Å²) in [4.78, 5) is 37.2. The Balaban J connectivity index is 2.16. The second-order valence-electron chi connectivity index (χ2n) is 10.4. The van der Waals surface area contributed by atoms with Gasteiger partial charge >= 0.3 is 12.4 Å². The molecule has 0 aromatic carbocycles. The normalized spacial score (nSPS) is 17.5. The number of carbonyl (C=O) groups excluding carboxylic acids is 2. The van der Waals surface area contributed by atoms with Gasteiger partial charge in [0.05, 0.1) is 22.1 Å². The van der Waals surface area contributed by atoms with Crippen molar-refractivity contribution in [3.8, 4) is 10.4 Å². The number of aromatic nitrogens is 2. The van der Waals surface area contributed by atoms with Crippen molar-refractivity contribution in [2.75, 3.05) is 25.5 Å². The lowest BCUT2D eigenvalue weighted by atomic mass is 9.99. The molecule has 1 aliphatic heterocycles. The number of thiazole rings is 1. The molecule has 0 saturated carbocycles. The van der Waals surface area contributed by atoms with E-state index in [1.54, 1.807) is 13.8 Å². The van der Waals surface area contributed by atoms with Crippen LogP contribution in [-0.2, 0) is 6.18 Å². The Bertz CT molecular complexity index is 1240. The Labute approximate surface area is 231 Å². The van der Waals surface area contributed by atoms with Gasteiger partial charge in [-0.05, 0) is 53.0 Å². The molecule has 0 aliphatic carbocycles. The van der Waals surface area contributed by atoms with E-state index in [1.165, 1.54) is 30.7 Å². The number of aliphatic hydroxyl groups is 1. The molecule has 0 spiro atoms. The van der Waals surface area contributed by atoms with E-state index in [4.69, 9.17) is 0 Å². The molecule has 0 radical (unpaired) electrons. The predicted molar refractivity (Wildman–Crippen MR) is 137 cm³/mol. The molecule has 222 valence electrons. The highest BCUT2D eigenvalue weighted by molar-refractivity contribution is 7.17. The summed E-state index contributed by atoms with van der Waals surface area (Å²) in [6, 6.07) is -0.510. The maximum absolute atomic E-state index is 14.2. The lowest BCUT2D eigenvalue weighted by Crippen LogP contribution is -2.48. The summed E-state index contributed by atoms with van der Waals surface area (Å²) in [5.74, 6) is -2.05. The van der Waals surface area contributed by atoms with Gasteiger partial charge in [0.1, 0.15) is 18.1 Å². The number of rotatable bonds is 7. The van der Waals surface area contributed by atoms with Gasteiger partial charge in [-0.1, -0.05) is 0 Å². The van der Waals surface area contributed by atoms with Gasteiger partial charge in [-0.3, -0.25) is 9.59 Å². The second kappa shape index (κ2) is 11.5. The summed E-state index contributed by atoms with van der Waals surface area (Å²) in [6.07, 6.45) is -6.77. The fourth-order valence-electron chi connectivity index (χ4n) is 4.23. The fraction of sp³-hybridized carbons (Fsp3) is 0.600. The van der Waals surface area contributed by atoms with E-state index in [0.29, 0.717) is 36.8 Å². The standard InChI is InChI=1S/C25H31F6N5O3S/c1-13-8-6-7-9-36(13)21(37)18-19(40-20(34-18)22(38)35(5)14(2)23(3,4)39)15-11-32-17(33-12-24(26,27)28)10-16(15)25(29,30)31/h10-11,13-14,39H,6-9,12H2,1-5H3,(H,32,33). The van der Waals surface area contributed by atoms with E-state index in [1.807, 2.05) is 5.32 Å². The number of anilines is 1. The van der Waals surface area contributed by atoms with Crippen LogP contribution in [-0.4, -0.2) is 80.7 Å². The summed E-state index contributed by atoms with van der Waals surface area (Å²) in [5, 5.41) is 11.9. The number of hydrogen-bond donors (Lipinski definition) is 2. The van der Waals surface area contributed by atoms with Crippen LogP contribution in [0.5, 0.6) is 0 Å². The minimum atomic E-state index is -5.04. The third kappa shape index (κ3) is 7.22. The molecular formula is C25H31F6N5O3S. The molecule has 2 amide bonds.